The third-order valence-corrected chi connectivity index (χ3v) is 3.27. The summed E-state index contributed by atoms with van der Waals surface area (Å²) in [5.74, 6) is 0.561. The second-order valence-corrected chi connectivity index (χ2v) is 5.02. The molecule has 1 aliphatic rings. The van der Waals surface area contributed by atoms with Gasteiger partial charge in [0.25, 0.3) is 0 Å². The molecule has 0 aliphatic carbocycles. The molecule has 21 heavy (non-hydrogen) atoms. The summed E-state index contributed by atoms with van der Waals surface area (Å²) in [5.41, 5.74) is 0.840. The molecule has 0 saturated carbocycles. The van der Waals surface area contributed by atoms with E-state index >= 15 is 0 Å². The molecule has 0 atom stereocenters. The fraction of sp³-hybridized carbons (Fsp3) is 0.600. The van der Waals surface area contributed by atoms with Crippen LogP contribution in [-0.2, 0) is 9.47 Å². The van der Waals surface area contributed by atoms with E-state index < -0.39 is 18.9 Å². The van der Waals surface area contributed by atoms with Gasteiger partial charge in [0, 0.05) is 17.9 Å². The molecule has 2 rings (SSSR count). The average Bonchev–Trinajstić information content (AvgIpc) is 2.46. The third-order valence-electron chi connectivity index (χ3n) is 3.27. The highest BCUT2D eigenvalue weighted by molar-refractivity contribution is 5.28. The summed E-state index contributed by atoms with van der Waals surface area (Å²) in [4.78, 5) is 0. The summed E-state index contributed by atoms with van der Waals surface area (Å²) >= 11 is 0. The molecule has 0 N–H and O–H groups in total. The SMILES string of the molecule is CCOc1ccc(C2OCC(CCC(F)(F)F)CO2)cc1. The van der Waals surface area contributed by atoms with Crippen molar-refractivity contribution in [3.05, 3.63) is 29.8 Å². The first-order chi connectivity index (χ1) is 9.98. The maximum Gasteiger partial charge on any atom is 0.389 e. The molecule has 0 amide bonds. The van der Waals surface area contributed by atoms with E-state index in [1.165, 1.54) is 0 Å². The van der Waals surface area contributed by atoms with Gasteiger partial charge < -0.3 is 14.2 Å². The van der Waals surface area contributed by atoms with Crippen LogP contribution < -0.4 is 4.74 Å². The lowest BCUT2D eigenvalue weighted by molar-refractivity contribution is -0.211. The maximum absolute atomic E-state index is 12.2. The molecule has 118 valence electrons. The van der Waals surface area contributed by atoms with Gasteiger partial charge in [-0.3, -0.25) is 0 Å². The van der Waals surface area contributed by atoms with Crippen LogP contribution in [0.25, 0.3) is 0 Å². The Kier molecular flexibility index (Phi) is 5.47. The van der Waals surface area contributed by atoms with Crippen LogP contribution in [-0.4, -0.2) is 26.0 Å². The molecule has 1 heterocycles. The number of ether oxygens (including phenoxy) is 3. The summed E-state index contributed by atoms with van der Waals surface area (Å²) in [7, 11) is 0. The molecular formula is C15H19F3O3. The highest BCUT2D eigenvalue weighted by Crippen LogP contribution is 2.30. The van der Waals surface area contributed by atoms with Crippen LogP contribution in [0, 0.1) is 5.92 Å². The number of benzene rings is 1. The Morgan fingerprint density at radius 3 is 2.29 bits per heavy atom. The molecule has 0 radical (unpaired) electrons. The lowest BCUT2D eigenvalue weighted by Gasteiger charge is -2.29. The van der Waals surface area contributed by atoms with E-state index in [2.05, 4.69) is 0 Å². The molecule has 1 fully saturated rings. The van der Waals surface area contributed by atoms with Crippen LogP contribution in [0.1, 0.15) is 31.6 Å². The van der Waals surface area contributed by atoms with Crippen molar-refractivity contribution in [2.45, 2.75) is 32.2 Å². The number of hydrogen-bond acceptors (Lipinski definition) is 3. The van der Waals surface area contributed by atoms with Crippen molar-refractivity contribution in [2.75, 3.05) is 19.8 Å². The average molecular weight is 304 g/mol. The lowest BCUT2D eigenvalue weighted by atomic mass is 10.0. The molecule has 0 spiro atoms. The summed E-state index contributed by atoms with van der Waals surface area (Å²) in [6, 6.07) is 7.32. The zero-order valence-electron chi connectivity index (χ0n) is 11.9. The Labute approximate surface area is 122 Å². The van der Waals surface area contributed by atoms with Gasteiger partial charge in [0.2, 0.25) is 0 Å². The van der Waals surface area contributed by atoms with Crippen molar-refractivity contribution in [3.63, 3.8) is 0 Å². The second kappa shape index (κ2) is 7.13. The predicted molar refractivity (Wildman–Crippen MR) is 71.0 cm³/mol. The standard InChI is InChI=1S/C15H19F3O3/c1-2-19-13-5-3-12(4-6-13)14-20-9-11(10-21-14)7-8-15(16,17)18/h3-6,11,14H,2,7-10H2,1H3. The van der Waals surface area contributed by atoms with Crippen molar-refractivity contribution in [3.8, 4) is 5.75 Å². The van der Waals surface area contributed by atoms with Crippen LogP contribution in [0.15, 0.2) is 24.3 Å². The molecule has 1 aromatic rings. The zero-order chi connectivity index (χ0) is 15.3. The number of hydrogen-bond donors (Lipinski definition) is 0. The van der Waals surface area contributed by atoms with Gasteiger partial charge in [-0.25, -0.2) is 0 Å². The largest absolute Gasteiger partial charge is 0.494 e. The minimum absolute atomic E-state index is 0.0412. The van der Waals surface area contributed by atoms with Gasteiger partial charge in [0.1, 0.15) is 5.75 Å². The highest BCUT2D eigenvalue weighted by atomic mass is 19.4. The highest BCUT2D eigenvalue weighted by Gasteiger charge is 2.30. The van der Waals surface area contributed by atoms with Crippen molar-refractivity contribution < 1.29 is 27.4 Å². The Hall–Kier alpha value is -1.27. The molecule has 0 unspecified atom stereocenters. The molecule has 1 saturated heterocycles. The van der Waals surface area contributed by atoms with Gasteiger partial charge in [-0.05, 0) is 25.5 Å². The Balaban J connectivity index is 1.80. The van der Waals surface area contributed by atoms with E-state index in [0.29, 0.717) is 6.61 Å². The number of alkyl halides is 3. The summed E-state index contributed by atoms with van der Waals surface area (Å²) in [5, 5.41) is 0. The van der Waals surface area contributed by atoms with Crippen LogP contribution in [0.4, 0.5) is 13.2 Å². The van der Waals surface area contributed by atoms with Crippen molar-refractivity contribution in [1.29, 1.82) is 0 Å². The Bertz CT molecular complexity index is 423. The quantitative estimate of drug-likeness (QED) is 0.820. The van der Waals surface area contributed by atoms with E-state index in [9.17, 15) is 13.2 Å². The molecule has 1 aliphatic heterocycles. The molecule has 0 bridgehead atoms. The van der Waals surface area contributed by atoms with Crippen LogP contribution >= 0.6 is 0 Å². The van der Waals surface area contributed by atoms with E-state index in [-0.39, 0.29) is 25.6 Å². The molecule has 0 aromatic heterocycles. The van der Waals surface area contributed by atoms with E-state index in [4.69, 9.17) is 14.2 Å². The molecule has 6 heteroatoms. The van der Waals surface area contributed by atoms with Crippen molar-refractivity contribution >= 4 is 0 Å². The normalized spacial score (nSPS) is 23.0. The van der Waals surface area contributed by atoms with Crippen LogP contribution in [0.2, 0.25) is 0 Å². The van der Waals surface area contributed by atoms with Gasteiger partial charge >= 0.3 is 6.18 Å². The monoisotopic (exact) mass is 304 g/mol. The third kappa shape index (κ3) is 5.21. The van der Waals surface area contributed by atoms with Gasteiger partial charge in [0.05, 0.1) is 19.8 Å². The van der Waals surface area contributed by atoms with Gasteiger partial charge in [-0.1, -0.05) is 12.1 Å². The summed E-state index contributed by atoms with van der Waals surface area (Å²) in [6.07, 6.45) is -5.38. The summed E-state index contributed by atoms with van der Waals surface area (Å²) in [6.45, 7) is 3.07. The zero-order valence-corrected chi connectivity index (χ0v) is 11.9. The molecular weight excluding hydrogens is 285 g/mol. The number of rotatable bonds is 5. The smallest absolute Gasteiger partial charge is 0.389 e. The topological polar surface area (TPSA) is 27.7 Å². The fourth-order valence-corrected chi connectivity index (χ4v) is 2.16. The van der Waals surface area contributed by atoms with E-state index in [0.717, 1.165) is 11.3 Å². The van der Waals surface area contributed by atoms with Crippen LogP contribution in [0.5, 0.6) is 5.75 Å². The van der Waals surface area contributed by atoms with Gasteiger partial charge in [-0.15, -0.1) is 0 Å². The Morgan fingerprint density at radius 1 is 1.14 bits per heavy atom. The first-order valence-electron chi connectivity index (χ1n) is 7.00. The first kappa shape index (κ1) is 16.1. The van der Waals surface area contributed by atoms with E-state index in [1.807, 2.05) is 31.2 Å². The van der Waals surface area contributed by atoms with Gasteiger partial charge in [-0.2, -0.15) is 13.2 Å². The van der Waals surface area contributed by atoms with Crippen LogP contribution in [0.3, 0.4) is 0 Å². The maximum atomic E-state index is 12.2. The van der Waals surface area contributed by atoms with Crippen molar-refractivity contribution in [2.24, 2.45) is 5.92 Å². The lowest BCUT2D eigenvalue weighted by Crippen LogP contribution is -2.28. The molecule has 1 aromatic carbocycles. The van der Waals surface area contributed by atoms with Crippen molar-refractivity contribution in [1.82, 2.24) is 0 Å². The first-order valence-corrected chi connectivity index (χ1v) is 7.00. The minimum atomic E-state index is -4.12. The Morgan fingerprint density at radius 2 is 1.76 bits per heavy atom. The van der Waals surface area contributed by atoms with Gasteiger partial charge in [0.15, 0.2) is 6.29 Å². The fourth-order valence-electron chi connectivity index (χ4n) is 2.16. The molecule has 3 nitrogen and oxygen atoms in total. The predicted octanol–water partition coefficient (Wildman–Crippen LogP) is 4.09. The number of halogens is 3. The van der Waals surface area contributed by atoms with E-state index in [1.54, 1.807) is 0 Å². The summed E-state index contributed by atoms with van der Waals surface area (Å²) < 4.78 is 52.8. The second-order valence-electron chi connectivity index (χ2n) is 5.02. The minimum Gasteiger partial charge on any atom is -0.494 e.